The van der Waals surface area contributed by atoms with Crippen LogP contribution in [0.3, 0.4) is 0 Å². The Morgan fingerprint density at radius 1 is 1.10 bits per heavy atom. The van der Waals surface area contributed by atoms with E-state index in [1.54, 1.807) is 59.2 Å². The molecule has 9 nitrogen and oxygen atoms in total. The van der Waals surface area contributed by atoms with Gasteiger partial charge in [-0.15, -0.1) is 0 Å². The van der Waals surface area contributed by atoms with Crippen molar-refractivity contribution in [1.29, 1.82) is 0 Å². The maximum atomic E-state index is 14.0. The average molecular weight is 567 g/mol. The van der Waals surface area contributed by atoms with Gasteiger partial charge in [-0.25, -0.2) is 4.68 Å². The molecule has 0 radical (unpaired) electrons. The van der Waals surface area contributed by atoms with Gasteiger partial charge in [0.25, 0.3) is 11.5 Å². The highest BCUT2D eigenvalue weighted by Crippen LogP contribution is 2.46. The second-order valence-corrected chi connectivity index (χ2v) is 11.1. The predicted octanol–water partition coefficient (Wildman–Crippen LogP) is 3.62. The normalized spacial score (nSPS) is 21.0. The Labute approximate surface area is 243 Å². The molecular weight excluding hydrogens is 532 g/mol. The van der Waals surface area contributed by atoms with Gasteiger partial charge in [0.2, 0.25) is 5.91 Å². The first-order valence-electron chi connectivity index (χ1n) is 14.3. The lowest BCUT2D eigenvalue weighted by atomic mass is 9.82. The Morgan fingerprint density at radius 3 is 2.62 bits per heavy atom. The first kappa shape index (κ1) is 27.7. The monoisotopic (exact) mass is 566 g/mol. The number of fused-ring (bicyclic) bond motifs is 2. The van der Waals surface area contributed by atoms with Gasteiger partial charge in [0.05, 0.1) is 41.5 Å². The molecule has 4 aromatic rings. The van der Waals surface area contributed by atoms with Gasteiger partial charge >= 0.3 is 0 Å². The molecule has 3 heterocycles. The quantitative estimate of drug-likeness (QED) is 0.282. The van der Waals surface area contributed by atoms with Crippen molar-refractivity contribution in [2.24, 2.45) is 5.92 Å². The molecule has 3 aromatic carbocycles. The van der Waals surface area contributed by atoms with Crippen LogP contribution >= 0.6 is 0 Å². The smallest absolute Gasteiger partial charge is 0.279 e. The second-order valence-electron chi connectivity index (χ2n) is 11.1. The Bertz CT molecular complexity index is 1730. The number of aromatic nitrogens is 2. The van der Waals surface area contributed by atoms with E-state index in [0.717, 1.165) is 18.4 Å². The summed E-state index contributed by atoms with van der Waals surface area (Å²) < 4.78 is 1.42. The Hall–Kier alpha value is -4.47. The maximum Gasteiger partial charge on any atom is 0.279 e. The molecule has 0 aliphatic carbocycles. The zero-order chi connectivity index (χ0) is 29.4. The first-order chi connectivity index (χ1) is 20.3. The molecule has 1 aromatic heterocycles. The lowest BCUT2D eigenvalue weighted by molar-refractivity contribution is -0.139. The summed E-state index contributed by atoms with van der Waals surface area (Å²) in [4.78, 5) is 43.3. The fraction of sp³-hybridized carbons (Fsp3) is 0.303. The fourth-order valence-corrected chi connectivity index (χ4v) is 6.22. The molecular formula is C33H34N4O5. The van der Waals surface area contributed by atoms with Crippen molar-refractivity contribution in [3.63, 3.8) is 0 Å². The van der Waals surface area contributed by atoms with E-state index in [9.17, 15) is 24.6 Å². The van der Waals surface area contributed by atoms with Gasteiger partial charge in [-0.1, -0.05) is 61.5 Å². The first-order valence-corrected chi connectivity index (χ1v) is 14.3. The minimum absolute atomic E-state index is 0.0596. The van der Waals surface area contributed by atoms with Gasteiger partial charge in [0.1, 0.15) is 0 Å². The van der Waals surface area contributed by atoms with E-state index in [4.69, 9.17) is 0 Å². The number of hydrogen-bond acceptors (Lipinski definition) is 5. The minimum Gasteiger partial charge on any atom is -0.394 e. The standard InChI is InChI=1S/C33H34N4O5/c1-22(9-7-15-30(39)35-18-8-12-25(35)21-38)33(42)27-19-24(37-31(40)26-13-5-6-14-28(26)34-37)16-17-29(27)36(32(33)41)20-23-10-3-2-4-11-23/h2-7,9-11,13-14,16-17,19,22,25,34,38,42H,8,12,15,18,20-21H2,1H3/b9-7+/t22-,25-,33+/m0/s1. The van der Waals surface area contributed by atoms with E-state index in [1.165, 1.54) is 4.68 Å². The summed E-state index contributed by atoms with van der Waals surface area (Å²) in [6.45, 7) is 2.58. The summed E-state index contributed by atoms with van der Waals surface area (Å²) in [7, 11) is 0. The molecule has 0 bridgehead atoms. The van der Waals surface area contributed by atoms with Crippen molar-refractivity contribution in [2.45, 2.75) is 44.4 Å². The maximum absolute atomic E-state index is 14.0. The molecule has 1 fully saturated rings. The molecule has 216 valence electrons. The number of carbonyl (C=O) groups excluding carboxylic acids is 2. The predicted molar refractivity (Wildman–Crippen MR) is 160 cm³/mol. The van der Waals surface area contributed by atoms with E-state index >= 15 is 0 Å². The highest BCUT2D eigenvalue weighted by Gasteiger charge is 2.52. The number of aromatic amines is 1. The number of rotatable bonds is 8. The Morgan fingerprint density at radius 2 is 1.86 bits per heavy atom. The van der Waals surface area contributed by atoms with Gasteiger partial charge in [0.15, 0.2) is 5.60 Å². The Kier molecular flexibility index (Phi) is 7.30. The van der Waals surface area contributed by atoms with Gasteiger partial charge in [-0.2, -0.15) is 0 Å². The zero-order valence-electron chi connectivity index (χ0n) is 23.4. The number of aliphatic hydroxyl groups excluding tert-OH is 1. The van der Waals surface area contributed by atoms with Crippen LogP contribution in [0.5, 0.6) is 0 Å². The summed E-state index contributed by atoms with van der Waals surface area (Å²) in [6.07, 6.45) is 5.15. The summed E-state index contributed by atoms with van der Waals surface area (Å²) >= 11 is 0. The molecule has 2 aliphatic rings. The molecule has 0 unspecified atom stereocenters. The number of carbonyl (C=O) groups is 2. The third-order valence-corrected chi connectivity index (χ3v) is 8.57. The number of nitrogens with one attached hydrogen (secondary N) is 1. The van der Waals surface area contributed by atoms with E-state index in [-0.39, 0.29) is 37.1 Å². The van der Waals surface area contributed by atoms with Gasteiger partial charge < -0.3 is 20.0 Å². The Balaban J connectivity index is 1.36. The second kappa shape index (κ2) is 11.1. The van der Waals surface area contributed by atoms with E-state index in [1.807, 2.05) is 42.5 Å². The molecule has 9 heteroatoms. The molecule has 3 atom stereocenters. The molecule has 2 amide bonds. The van der Waals surface area contributed by atoms with Crippen molar-refractivity contribution in [3.8, 4) is 5.69 Å². The average Bonchev–Trinajstić information content (AvgIpc) is 3.69. The number of para-hydroxylation sites is 1. The number of anilines is 1. The third kappa shape index (κ3) is 4.64. The topological polar surface area (TPSA) is 119 Å². The molecule has 42 heavy (non-hydrogen) atoms. The SMILES string of the molecule is C[C@@H](/C=C/CC(=O)N1CCC[C@H]1CO)[C@]1(O)C(=O)N(Cc2ccccc2)c2ccc(-n3[nH]c4ccccc4c3=O)cc21. The number of benzene rings is 3. The summed E-state index contributed by atoms with van der Waals surface area (Å²) in [5, 5.41) is 25.4. The van der Waals surface area contributed by atoms with E-state index in [2.05, 4.69) is 5.10 Å². The number of amides is 2. The molecule has 0 saturated carbocycles. The summed E-state index contributed by atoms with van der Waals surface area (Å²) in [6, 6.07) is 21.8. The fourth-order valence-electron chi connectivity index (χ4n) is 6.22. The third-order valence-electron chi connectivity index (χ3n) is 8.57. The van der Waals surface area contributed by atoms with Crippen LogP contribution in [0.2, 0.25) is 0 Å². The molecule has 2 aliphatic heterocycles. The summed E-state index contributed by atoms with van der Waals surface area (Å²) in [5.74, 6) is -1.24. The highest BCUT2D eigenvalue weighted by molar-refractivity contribution is 6.07. The van der Waals surface area contributed by atoms with E-state index < -0.39 is 17.4 Å². The molecule has 1 saturated heterocycles. The van der Waals surface area contributed by atoms with Crippen LogP contribution in [0.25, 0.3) is 16.6 Å². The van der Waals surface area contributed by atoms with Crippen molar-refractivity contribution >= 4 is 28.4 Å². The number of likely N-dealkylation sites (tertiary alicyclic amines) is 1. The molecule has 6 rings (SSSR count). The molecule has 0 spiro atoms. The van der Waals surface area contributed by atoms with Crippen molar-refractivity contribution < 1.29 is 19.8 Å². The number of H-pyrrole nitrogens is 1. The molecule has 3 N–H and O–H groups in total. The van der Waals surface area contributed by atoms with Gasteiger partial charge in [0, 0.05) is 24.4 Å². The van der Waals surface area contributed by atoms with Crippen LogP contribution in [-0.4, -0.2) is 55.9 Å². The highest BCUT2D eigenvalue weighted by atomic mass is 16.3. The van der Waals surface area contributed by atoms with Crippen LogP contribution in [0, 0.1) is 5.92 Å². The van der Waals surface area contributed by atoms with Gasteiger partial charge in [-0.3, -0.25) is 19.5 Å². The minimum atomic E-state index is -1.92. The number of hydrogen-bond donors (Lipinski definition) is 3. The lowest BCUT2D eigenvalue weighted by Crippen LogP contribution is -2.44. The van der Waals surface area contributed by atoms with Crippen molar-refractivity contribution in [1.82, 2.24) is 14.7 Å². The van der Waals surface area contributed by atoms with Crippen LogP contribution in [0.15, 0.2) is 89.7 Å². The van der Waals surface area contributed by atoms with Crippen molar-refractivity contribution in [3.05, 3.63) is 106 Å². The number of nitrogens with zero attached hydrogens (tertiary/aromatic N) is 3. The summed E-state index contributed by atoms with van der Waals surface area (Å²) in [5.41, 5.74) is 0.911. The number of aliphatic hydroxyl groups is 2. The van der Waals surface area contributed by atoms with Crippen LogP contribution in [0.1, 0.15) is 37.3 Å². The lowest BCUT2D eigenvalue weighted by Gasteiger charge is -2.28. The van der Waals surface area contributed by atoms with Crippen LogP contribution in [0.4, 0.5) is 5.69 Å². The van der Waals surface area contributed by atoms with E-state index in [0.29, 0.717) is 34.4 Å². The van der Waals surface area contributed by atoms with Crippen molar-refractivity contribution in [2.75, 3.05) is 18.1 Å². The largest absolute Gasteiger partial charge is 0.394 e. The zero-order valence-corrected chi connectivity index (χ0v) is 23.4. The van der Waals surface area contributed by atoms with Gasteiger partial charge in [-0.05, 0) is 48.7 Å². The van der Waals surface area contributed by atoms with Crippen LogP contribution in [-0.2, 0) is 21.7 Å². The van der Waals surface area contributed by atoms with Crippen LogP contribution < -0.4 is 10.5 Å².